The number of aliphatic hydroxyl groups excluding tert-OH is 3. The molecule has 0 aromatic rings. The van der Waals surface area contributed by atoms with Gasteiger partial charge in [0.15, 0.2) is 0 Å². The fraction of sp³-hybridized carbons (Fsp3) is 0.900. The molecular weight excluding hydrogens is 320 g/mol. The van der Waals surface area contributed by atoms with Crippen molar-refractivity contribution in [1.29, 1.82) is 0 Å². The fourth-order valence-corrected chi connectivity index (χ4v) is 2.96. The second kappa shape index (κ2) is 14.7. The van der Waals surface area contributed by atoms with Crippen molar-refractivity contribution < 1.29 is 24.8 Å². The SMILES string of the molecule is CCCCCCCC/C=C/CCCCOC[C@@H]1OC[C@@H](O)[C@H](O)[C@H]1O. The predicted molar refractivity (Wildman–Crippen MR) is 99.6 cm³/mol. The van der Waals surface area contributed by atoms with E-state index in [0.29, 0.717) is 6.61 Å². The molecule has 5 heteroatoms. The highest BCUT2D eigenvalue weighted by Crippen LogP contribution is 2.16. The smallest absolute Gasteiger partial charge is 0.111 e. The third kappa shape index (κ3) is 10.3. The summed E-state index contributed by atoms with van der Waals surface area (Å²) in [5.74, 6) is 0. The molecular formula is C20H38O5. The van der Waals surface area contributed by atoms with Gasteiger partial charge in [-0.3, -0.25) is 0 Å². The lowest BCUT2D eigenvalue weighted by atomic mass is 10.0. The quantitative estimate of drug-likeness (QED) is 0.329. The Morgan fingerprint density at radius 2 is 1.52 bits per heavy atom. The van der Waals surface area contributed by atoms with E-state index in [9.17, 15) is 15.3 Å². The lowest BCUT2D eigenvalue weighted by Crippen LogP contribution is -2.54. The standard InChI is InChI=1S/C20H38O5/c1-2-3-4-5-6-7-8-9-10-11-12-13-14-24-16-18-20(23)19(22)17(21)15-25-18/h9-10,17-23H,2-8,11-16H2,1H3/b10-9+/t17-,18+,19+,20+/m1/s1. The zero-order valence-corrected chi connectivity index (χ0v) is 15.8. The van der Waals surface area contributed by atoms with Crippen LogP contribution in [0, 0.1) is 0 Å². The highest BCUT2D eigenvalue weighted by atomic mass is 16.6. The summed E-state index contributed by atoms with van der Waals surface area (Å²) in [7, 11) is 0. The summed E-state index contributed by atoms with van der Waals surface area (Å²) in [6, 6.07) is 0. The summed E-state index contributed by atoms with van der Waals surface area (Å²) in [5, 5.41) is 28.8. The predicted octanol–water partition coefficient (Wildman–Crippen LogP) is 2.96. The van der Waals surface area contributed by atoms with Crippen LogP contribution in [0.3, 0.4) is 0 Å². The van der Waals surface area contributed by atoms with Gasteiger partial charge in [-0.05, 0) is 32.1 Å². The van der Waals surface area contributed by atoms with Gasteiger partial charge in [-0.25, -0.2) is 0 Å². The van der Waals surface area contributed by atoms with E-state index in [-0.39, 0.29) is 13.2 Å². The van der Waals surface area contributed by atoms with E-state index in [2.05, 4.69) is 19.1 Å². The van der Waals surface area contributed by atoms with Crippen molar-refractivity contribution in [3.63, 3.8) is 0 Å². The van der Waals surface area contributed by atoms with E-state index >= 15 is 0 Å². The highest BCUT2D eigenvalue weighted by Gasteiger charge is 2.37. The van der Waals surface area contributed by atoms with Crippen molar-refractivity contribution in [3.05, 3.63) is 12.2 Å². The van der Waals surface area contributed by atoms with Crippen LogP contribution in [0.2, 0.25) is 0 Å². The average molecular weight is 359 g/mol. The third-order valence-electron chi connectivity index (χ3n) is 4.69. The van der Waals surface area contributed by atoms with Gasteiger partial charge in [0.2, 0.25) is 0 Å². The Morgan fingerprint density at radius 1 is 0.880 bits per heavy atom. The van der Waals surface area contributed by atoms with E-state index in [1.54, 1.807) is 0 Å². The molecule has 1 rings (SSSR count). The molecule has 1 aliphatic heterocycles. The van der Waals surface area contributed by atoms with Crippen LogP contribution in [0.5, 0.6) is 0 Å². The molecule has 148 valence electrons. The first-order chi connectivity index (χ1) is 12.2. The summed E-state index contributed by atoms with van der Waals surface area (Å²) < 4.78 is 10.8. The molecule has 4 atom stereocenters. The van der Waals surface area contributed by atoms with Gasteiger partial charge < -0.3 is 24.8 Å². The molecule has 1 heterocycles. The number of rotatable bonds is 14. The molecule has 0 amide bonds. The summed E-state index contributed by atoms with van der Waals surface area (Å²) >= 11 is 0. The van der Waals surface area contributed by atoms with Crippen LogP contribution >= 0.6 is 0 Å². The van der Waals surface area contributed by atoms with Gasteiger partial charge in [-0.15, -0.1) is 0 Å². The van der Waals surface area contributed by atoms with Crippen LogP contribution in [-0.4, -0.2) is 59.6 Å². The first kappa shape index (κ1) is 22.6. The lowest BCUT2D eigenvalue weighted by Gasteiger charge is -2.35. The molecule has 3 N–H and O–H groups in total. The maximum Gasteiger partial charge on any atom is 0.111 e. The number of hydrogen-bond acceptors (Lipinski definition) is 5. The number of allylic oxidation sites excluding steroid dienone is 2. The van der Waals surface area contributed by atoms with Crippen molar-refractivity contribution in [2.75, 3.05) is 19.8 Å². The molecule has 1 aliphatic rings. The third-order valence-corrected chi connectivity index (χ3v) is 4.69. The zero-order chi connectivity index (χ0) is 18.3. The molecule has 0 aromatic carbocycles. The van der Waals surface area contributed by atoms with E-state index in [4.69, 9.17) is 9.47 Å². The molecule has 0 radical (unpaired) electrons. The molecule has 0 saturated carbocycles. The van der Waals surface area contributed by atoms with E-state index < -0.39 is 24.4 Å². The molecule has 25 heavy (non-hydrogen) atoms. The minimum atomic E-state index is -1.15. The van der Waals surface area contributed by atoms with Gasteiger partial charge in [0.1, 0.15) is 24.4 Å². The van der Waals surface area contributed by atoms with Crippen LogP contribution in [0.1, 0.15) is 71.1 Å². The van der Waals surface area contributed by atoms with Gasteiger partial charge >= 0.3 is 0 Å². The van der Waals surface area contributed by atoms with Crippen molar-refractivity contribution in [2.45, 2.75) is 95.5 Å². The number of aliphatic hydroxyl groups is 3. The van der Waals surface area contributed by atoms with Crippen molar-refractivity contribution >= 4 is 0 Å². The Bertz CT molecular complexity index is 334. The van der Waals surface area contributed by atoms with Gasteiger partial charge in [0.25, 0.3) is 0 Å². The summed E-state index contributed by atoms with van der Waals surface area (Å²) in [4.78, 5) is 0. The Morgan fingerprint density at radius 3 is 2.24 bits per heavy atom. The molecule has 1 fully saturated rings. The first-order valence-corrected chi connectivity index (χ1v) is 10.0. The van der Waals surface area contributed by atoms with Gasteiger partial charge in [0.05, 0.1) is 13.2 Å². The molecule has 0 bridgehead atoms. The molecule has 0 aromatic heterocycles. The van der Waals surface area contributed by atoms with Crippen LogP contribution in [0.15, 0.2) is 12.2 Å². The average Bonchev–Trinajstić information content (AvgIpc) is 2.61. The van der Waals surface area contributed by atoms with Crippen LogP contribution in [0.4, 0.5) is 0 Å². The maximum atomic E-state index is 9.79. The van der Waals surface area contributed by atoms with Crippen molar-refractivity contribution in [3.8, 4) is 0 Å². The molecule has 0 unspecified atom stereocenters. The Labute approximate surface area is 153 Å². The summed E-state index contributed by atoms with van der Waals surface area (Å²) in [5.41, 5.74) is 0. The monoisotopic (exact) mass is 358 g/mol. The molecule has 0 spiro atoms. The maximum absolute atomic E-state index is 9.79. The number of hydrogen-bond donors (Lipinski definition) is 3. The normalized spacial score (nSPS) is 27.2. The van der Waals surface area contributed by atoms with Crippen LogP contribution in [-0.2, 0) is 9.47 Å². The van der Waals surface area contributed by atoms with Crippen molar-refractivity contribution in [1.82, 2.24) is 0 Å². The molecule has 1 saturated heterocycles. The Balaban J connectivity index is 1.88. The first-order valence-electron chi connectivity index (χ1n) is 10.0. The summed E-state index contributed by atoms with van der Waals surface area (Å²) in [6.07, 6.45) is 13.1. The second-order valence-electron chi connectivity index (χ2n) is 7.02. The van der Waals surface area contributed by atoms with E-state index in [0.717, 1.165) is 19.3 Å². The van der Waals surface area contributed by atoms with E-state index in [1.807, 2.05) is 0 Å². The zero-order valence-electron chi connectivity index (χ0n) is 15.8. The Hall–Kier alpha value is -0.460. The summed E-state index contributed by atoms with van der Waals surface area (Å²) in [6.45, 7) is 3.15. The molecule has 0 aliphatic carbocycles. The van der Waals surface area contributed by atoms with Gasteiger partial charge in [0, 0.05) is 6.61 Å². The van der Waals surface area contributed by atoms with Crippen LogP contribution < -0.4 is 0 Å². The number of unbranched alkanes of at least 4 members (excludes halogenated alkanes) is 8. The van der Waals surface area contributed by atoms with E-state index in [1.165, 1.54) is 44.9 Å². The fourth-order valence-electron chi connectivity index (χ4n) is 2.96. The Kier molecular flexibility index (Phi) is 13.3. The largest absolute Gasteiger partial charge is 0.388 e. The van der Waals surface area contributed by atoms with Crippen LogP contribution in [0.25, 0.3) is 0 Å². The van der Waals surface area contributed by atoms with Gasteiger partial charge in [-0.1, -0.05) is 51.2 Å². The highest BCUT2D eigenvalue weighted by molar-refractivity contribution is 4.86. The lowest BCUT2D eigenvalue weighted by molar-refractivity contribution is -0.199. The second-order valence-corrected chi connectivity index (χ2v) is 7.02. The molecule has 5 nitrogen and oxygen atoms in total. The topological polar surface area (TPSA) is 79.2 Å². The minimum Gasteiger partial charge on any atom is -0.388 e. The minimum absolute atomic E-state index is 0.0374. The number of ether oxygens (including phenoxy) is 2. The van der Waals surface area contributed by atoms with Gasteiger partial charge in [-0.2, -0.15) is 0 Å². The van der Waals surface area contributed by atoms with Crippen molar-refractivity contribution in [2.24, 2.45) is 0 Å².